The van der Waals surface area contributed by atoms with Crippen LogP contribution >= 0.6 is 0 Å². The van der Waals surface area contributed by atoms with Crippen molar-refractivity contribution in [2.45, 2.75) is 52.9 Å². The standard InChI is InChI=1S/C32H44N4O7/c1-5-42-31(40)32(13-10-23(2)3)20-24-8-9-26(27(19-24)41-4)43-21-29(38)34-16-18-36(17-6-7-28(37)35-22-32)30(39)25-11-14-33-15-12-25/h8-9,11-12,14-15,19,23H,5-7,10,13,16-18,20-22H2,1-4H3,(H,34,38)(H,35,37). The van der Waals surface area contributed by atoms with E-state index >= 15 is 0 Å². The fourth-order valence-electron chi connectivity index (χ4n) is 4.97. The Morgan fingerprint density at radius 3 is 2.56 bits per heavy atom. The third-order valence-electron chi connectivity index (χ3n) is 7.41. The number of amides is 3. The molecule has 234 valence electrons. The number of pyridine rings is 1. The molecule has 0 spiro atoms. The van der Waals surface area contributed by atoms with Crippen molar-refractivity contribution < 1.29 is 33.4 Å². The predicted octanol–water partition coefficient (Wildman–Crippen LogP) is 3.17. The number of carbonyl (C=O) groups excluding carboxylic acids is 4. The van der Waals surface area contributed by atoms with Crippen LogP contribution in [0.5, 0.6) is 11.5 Å². The van der Waals surface area contributed by atoms with Crippen LogP contribution in [0.3, 0.4) is 0 Å². The number of ether oxygens (including phenoxy) is 3. The van der Waals surface area contributed by atoms with Gasteiger partial charge >= 0.3 is 5.97 Å². The maximum Gasteiger partial charge on any atom is 0.314 e. The van der Waals surface area contributed by atoms with E-state index in [2.05, 4.69) is 29.5 Å². The van der Waals surface area contributed by atoms with Crippen molar-refractivity contribution in [2.24, 2.45) is 11.3 Å². The van der Waals surface area contributed by atoms with Crippen molar-refractivity contribution in [3.05, 3.63) is 53.9 Å². The van der Waals surface area contributed by atoms with Crippen LogP contribution < -0.4 is 20.1 Å². The Hall–Kier alpha value is -4.15. The van der Waals surface area contributed by atoms with Gasteiger partial charge < -0.3 is 29.7 Å². The molecule has 1 unspecified atom stereocenters. The second-order valence-electron chi connectivity index (χ2n) is 11.1. The molecule has 2 aliphatic heterocycles. The molecule has 1 atom stereocenters. The zero-order valence-corrected chi connectivity index (χ0v) is 25.6. The summed E-state index contributed by atoms with van der Waals surface area (Å²) >= 11 is 0. The van der Waals surface area contributed by atoms with Crippen LogP contribution in [-0.4, -0.2) is 80.1 Å². The largest absolute Gasteiger partial charge is 0.493 e. The summed E-state index contributed by atoms with van der Waals surface area (Å²) in [5.41, 5.74) is 0.269. The lowest BCUT2D eigenvalue weighted by molar-refractivity contribution is -0.156. The van der Waals surface area contributed by atoms with Crippen molar-refractivity contribution in [3.63, 3.8) is 0 Å². The molecule has 11 nitrogen and oxygen atoms in total. The minimum absolute atomic E-state index is 0.107. The summed E-state index contributed by atoms with van der Waals surface area (Å²) in [6.07, 6.45) is 5.22. The number of hydrogen-bond donors (Lipinski definition) is 2. The van der Waals surface area contributed by atoms with Crippen LogP contribution in [0.2, 0.25) is 0 Å². The first-order valence-electron chi connectivity index (χ1n) is 14.9. The Kier molecular flexibility index (Phi) is 12.8. The molecule has 11 heteroatoms. The van der Waals surface area contributed by atoms with Crippen molar-refractivity contribution in [1.29, 1.82) is 0 Å². The first kappa shape index (κ1) is 33.4. The number of nitrogens with zero attached hydrogens (tertiary/aromatic N) is 2. The lowest BCUT2D eigenvalue weighted by Gasteiger charge is -2.33. The number of benzene rings is 1. The highest BCUT2D eigenvalue weighted by Crippen LogP contribution is 2.35. The summed E-state index contributed by atoms with van der Waals surface area (Å²) in [5.74, 6) is -0.0315. The molecule has 0 saturated carbocycles. The molecular weight excluding hydrogens is 552 g/mol. The molecule has 0 fully saturated rings. The monoisotopic (exact) mass is 596 g/mol. The predicted molar refractivity (Wildman–Crippen MR) is 161 cm³/mol. The fourth-order valence-corrected chi connectivity index (χ4v) is 4.97. The Balaban J connectivity index is 1.91. The van der Waals surface area contributed by atoms with Crippen LogP contribution in [0.15, 0.2) is 42.7 Å². The van der Waals surface area contributed by atoms with Gasteiger partial charge in [0.05, 0.1) is 19.1 Å². The van der Waals surface area contributed by atoms with E-state index in [9.17, 15) is 19.2 Å². The van der Waals surface area contributed by atoms with Gasteiger partial charge in [-0.3, -0.25) is 24.2 Å². The van der Waals surface area contributed by atoms with Crippen molar-refractivity contribution in [1.82, 2.24) is 20.5 Å². The van der Waals surface area contributed by atoms with E-state index in [0.29, 0.717) is 48.8 Å². The highest BCUT2D eigenvalue weighted by atomic mass is 16.5. The van der Waals surface area contributed by atoms with E-state index in [1.807, 2.05) is 6.07 Å². The number of nitrogens with one attached hydrogen (secondary N) is 2. The smallest absolute Gasteiger partial charge is 0.314 e. The summed E-state index contributed by atoms with van der Waals surface area (Å²) in [6, 6.07) is 8.58. The van der Waals surface area contributed by atoms with Gasteiger partial charge in [0, 0.05) is 50.6 Å². The van der Waals surface area contributed by atoms with Crippen LogP contribution in [0.1, 0.15) is 62.4 Å². The second kappa shape index (κ2) is 16.5. The molecule has 0 radical (unpaired) electrons. The molecule has 2 bridgehead atoms. The highest BCUT2D eigenvalue weighted by Gasteiger charge is 2.40. The van der Waals surface area contributed by atoms with Crippen molar-refractivity contribution >= 4 is 23.7 Å². The van der Waals surface area contributed by atoms with Crippen LogP contribution in [0.25, 0.3) is 0 Å². The Bertz CT molecular complexity index is 1240. The second-order valence-corrected chi connectivity index (χ2v) is 11.1. The zero-order chi connectivity index (χ0) is 31.2. The number of hydrogen-bond acceptors (Lipinski definition) is 8. The fraction of sp³-hybridized carbons (Fsp3) is 0.531. The number of methoxy groups -OCH3 is 1. The van der Waals surface area contributed by atoms with Crippen molar-refractivity contribution in [3.8, 4) is 11.5 Å². The van der Waals surface area contributed by atoms with E-state index in [4.69, 9.17) is 14.2 Å². The number of aromatic nitrogens is 1. The van der Waals surface area contributed by atoms with Crippen molar-refractivity contribution in [2.75, 3.05) is 46.5 Å². The molecule has 1 aromatic heterocycles. The number of carbonyl (C=O) groups is 4. The van der Waals surface area contributed by atoms with Crippen LogP contribution in [0.4, 0.5) is 0 Å². The molecule has 2 aliphatic rings. The van der Waals surface area contributed by atoms with E-state index in [-0.39, 0.29) is 63.0 Å². The summed E-state index contributed by atoms with van der Waals surface area (Å²) in [6.45, 7) is 6.78. The van der Waals surface area contributed by atoms with Gasteiger partial charge in [-0.2, -0.15) is 0 Å². The van der Waals surface area contributed by atoms with Gasteiger partial charge in [-0.15, -0.1) is 0 Å². The topological polar surface area (TPSA) is 136 Å². The Labute approximate surface area is 253 Å². The van der Waals surface area contributed by atoms with E-state index in [0.717, 1.165) is 12.0 Å². The molecule has 2 N–H and O–H groups in total. The number of esters is 1. The van der Waals surface area contributed by atoms with Gasteiger partial charge in [-0.05, 0) is 68.4 Å². The Morgan fingerprint density at radius 2 is 1.86 bits per heavy atom. The molecule has 0 aliphatic carbocycles. The van der Waals surface area contributed by atoms with E-state index < -0.39 is 5.41 Å². The van der Waals surface area contributed by atoms with Gasteiger partial charge in [-0.25, -0.2) is 0 Å². The first-order chi connectivity index (χ1) is 20.7. The minimum atomic E-state index is -1.00. The van der Waals surface area contributed by atoms with E-state index in [1.165, 1.54) is 7.11 Å². The first-order valence-corrected chi connectivity index (χ1v) is 14.9. The molecular formula is C32H44N4O7. The summed E-state index contributed by atoms with van der Waals surface area (Å²) in [4.78, 5) is 58.0. The Morgan fingerprint density at radius 1 is 1.09 bits per heavy atom. The van der Waals surface area contributed by atoms with E-state index in [1.54, 1.807) is 48.5 Å². The molecule has 3 heterocycles. The van der Waals surface area contributed by atoms with Gasteiger partial charge in [0.25, 0.3) is 11.8 Å². The quantitative estimate of drug-likeness (QED) is 0.368. The van der Waals surface area contributed by atoms with Crippen LogP contribution in [0, 0.1) is 11.3 Å². The molecule has 43 heavy (non-hydrogen) atoms. The third-order valence-corrected chi connectivity index (χ3v) is 7.41. The zero-order valence-electron chi connectivity index (χ0n) is 25.6. The van der Waals surface area contributed by atoms with Gasteiger partial charge in [0.1, 0.15) is 0 Å². The molecule has 1 aromatic carbocycles. The number of rotatable bonds is 7. The van der Waals surface area contributed by atoms with Gasteiger partial charge in [-0.1, -0.05) is 19.9 Å². The average Bonchev–Trinajstić information content (AvgIpc) is 3.00. The summed E-state index contributed by atoms with van der Waals surface area (Å²) in [5, 5.41) is 5.77. The lowest BCUT2D eigenvalue weighted by Crippen LogP contribution is -2.46. The maximum absolute atomic E-state index is 13.5. The molecule has 2 aromatic rings. The normalized spacial score (nSPS) is 18.9. The third kappa shape index (κ3) is 9.97. The van der Waals surface area contributed by atoms with Gasteiger partial charge in [0.2, 0.25) is 5.91 Å². The van der Waals surface area contributed by atoms with Crippen LogP contribution in [-0.2, 0) is 25.5 Å². The van der Waals surface area contributed by atoms with Gasteiger partial charge in [0.15, 0.2) is 18.1 Å². The highest BCUT2D eigenvalue weighted by molar-refractivity contribution is 5.94. The molecule has 3 amide bonds. The minimum Gasteiger partial charge on any atom is -0.493 e. The summed E-state index contributed by atoms with van der Waals surface area (Å²) in [7, 11) is 1.51. The SMILES string of the molecule is CCOC(=O)C1(CCC(C)C)CNC(=O)CCCN(C(=O)c2ccncc2)CCNC(=O)COc2ccc(cc2OC)C1. The molecule has 0 saturated heterocycles. The molecule has 4 rings (SSSR count). The summed E-state index contributed by atoms with van der Waals surface area (Å²) < 4.78 is 16.9. The number of fused-ring (bicyclic) bond motifs is 16. The average molecular weight is 597 g/mol. The lowest BCUT2D eigenvalue weighted by atomic mass is 9.76. The maximum atomic E-state index is 13.5.